The summed E-state index contributed by atoms with van der Waals surface area (Å²) in [5.74, 6) is -0.409. The molecule has 0 saturated heterocycles. The zero-order valence-corrected chi connectivity index (χ0v) is 15.7. The topological polar surface area (TPSA) is 108 Å². The number of hydrogen-bond donors (Lipinski definition) is 1. The number of aromatic nitrogens is 1. The van der Waals surface area contributed by atoms with Gasteiger partial charge in [-0.1, -0.05) is 5.16 Å². The van der Waals surface area contributed by atoms with E-state index in [9.17, 15) is 26.7 Å². The van der Waals surface area contributed by atoms with Gasteiger partial charge in [-0.2, -0.15) is 13.2 Å². The summed E-state index contributed by atoms with van der Waals surface area (Å²) in [7, 11) is -4.58. The molecule has 0 aliphatic carbocycles. The highest BCUT2D eigenvalue weighted by Crippen LogP contribution is 2.42. The van der Waals surface area contributed by atoms with Gasteiger partial charge in [0.25, 0.3) is 0 Å². The Balaban J connectivity index is 2.21. The van der Waals surface area contributed by atoms with Gasteiger partial charge in [0.05, 0.1) is 16.1 Å². The van der Waals surface area contributed by atoms with Gasteiger partial charge < -0.3 is 14.5 Å². The quantitative estimate of drug-likeness (QED) is 0.740. The van der Waals surface area contributed by atoms with E-state index < -0.39 is 43.4 Å². The minimum atomic E-state index is -4.74. The van der Waals surface area contributed by atoms with E-state index >= 15 is 0 Å². The Labute approximate surface area is 157 Å². The number of fused-ring (bicyclic) bond motifs is 1. The maximum absolute atomic E-state index is 13.1. The largest absolute Gasteiger partial charge is 0.492 e. The molecule has 0 fully saturated rings. The standard InChI is InChI=1S/C16H15F3N4O4S/c1-8(2)23-11-5-4-10(16(17,18)19)7-12(11)28(25,26)14(15(23)24)21-20-13-6-9(3)27-22-13/h4-8,24H,1-3H3. The van der Waals surface area contributed by atoms with E-state index in [1.807, 2.05) is 0 Å². The fourth-order valence-electron chi connectivity index (χ4n) is 2.66. The number of aryl methyl sites for hydroxylation is 1. The van der Waals surface area contributed by atoms with Crippen LogP contribution in [0.25, 0.3) is 0 Å². The van der Waals surface area contributed by atoms with E-state index in [1.165, 1.54) is 11.0 Å². The predicted molar refractivity (Wildman–Crippen MR) is 91.7 cm³/mol. The van der Waals surface area contributed by atoms with Crippen LogP contribution in [0.3, 0.4) is 0 Å². The van der Waals surface area contributed by atoms with Crippen LogP contribution in [-0.4, -0.2) is 24.7 Å². The van der Waals surface area contributed by atoms with Crippen molar-refractivity contribution in [2.45, 2.75) is 37.9 Å². The lowest BCUT2D eigenvalue weighted by Crippen LogP contribution is -2.36. The Kier molecular flexibility index (Phi) is 4.69. The van der Waals surface area contributed by atoms with E-state index in [-0.39, 0.29) is 11.5 Å². The van der Waals surface area contributed by atoms with Crippen molar-refractivity contribution in [3.63, 3.8) is 0 Å². The van der Waals surface area contributed by atoms with Crippen molar-refractivity contribution in [1.82, 2.24) is 5.16 Å². The molecule has 1 aliphatic rings. The Morgan fingerprint density at radius 3 is 2.43 bits per heavy atom. The van der Waals surface area contributed by atoms with Crippen LogP contribution in [0, 0.1) is 6.92 Å². The van der Waals surface area contributed by atoms with Gasteiger partial charge in [0.2, 0.25) is 26.6 Å². The number of nitrogens with zero attached hydrogens (tertiary/aromatic N) is 4. The first-order valence-corrected chi connectivity index (χ1v) is 9.45. The third-order valence-corrected chi connectivity index (χ3v) is 5.56. The lowest BCUT2D eigenvalue weighted by molar-refractivity contribution is -0.137. The number of alkyl halides is 3. The van der Waals surface area contributed by atoms with E-state index in [2.05, 4.69) is 15.4 Å². The number of hydrogen-bond acceptors (Lipinski definition) is 8. The van der Waals surface area contributed by atoms with Gasteiger partial charge in [0.1, 0.15) is 5.76 Å². The minimum Gasteiger partial charge on any atom is -0.492 e. The summed E-state index contributed by atoms with van der Waals surface area (Å²) in [5, 5.41) is 20.3. The maximum atomic E-state index is 13.1. The van der Waals surface area contributed by atoms with E-state index in [0.717, 1.165) is 12.1 Å². The van der Waals surface area contributed by atoms with Crippen LogP contribution in [0.5, 0.6) is 0 Å². The first kappa shape index (κ1) is 19.9. The summed E-state index contributed by atoms with van der Waals surface area (Å²) in [6, 6.07) is 3.16. The fourth-order valence-corrected chi connectivity index (χ4v) is 4.08. The molecule has 150 valence electrons. The molecule has 0 saturated carbocycles. The van der Waals surface area contributed by atoms with Crippen molar-refractivity contribution in [3.8, 4) is 0 Å². The summed E-state index contributed by atoms with van der Waals surface area (Å²) in [5.41, 5.74) is -1.22. The summed E-state index contributed by atoms with van der Waals surface area (Å²) < 4.78 is 69.8. The van der Waals surface area contributed by atoms with Crippen molar-refractivity contribution in [2.75, 3.05) is 4.90 Å². The highest BCUT2D eigenvalue weighted by molar-refractivity contribution is 7.95. The fraction of sp³-hybridized carbons (Fsp3) is 0.312. The number of aliphatic hydroxyl groups excluding tert-OH is 1. The normalized spacial score (nSPS) is 16.9. The zero-order chi connectivity index (χ0) is 20.9. The van der Waals surface area contributed by atoms with Crippen molar-refractivity contribution in [1.29, 1.82) is 0 Å². The molecule has 1 aromatic heterocycles. The molecule has 0 atom stereocenters. The average Bonchev–Trinajstić information content (AvgIpc) is 2.98. The van der Waals surface area contributed by atoms with Gasteiger partial charge >= 0.3 is 6.18 Å². The first-order chi connectivity index (χ1) is 12.9. The third kappa shape index (κ3) is 3.35. The molecule has 0 spiro atoms. The predicted octanol–water partition coefficient (Wildman–Crippen LogP) is 4.47. The number of benzene rings is 1. The molecule has 0 unspecified atom stereocenters. The second-order valence-electron chi connectivity index (χ2n) is 6.27. The van der Waals surface area contributed by atoms with Crippen molar-refractivity contribution in [3.05, 3.63) is 46.5 Å². The average molecular weight is 416 g/mol. The smallest absolute Gasteiger partial charge is 0.416 e. The van der Waals surface area contributed by atoms with Gasteiger partial charge in [-0.25, -0.2) is 8.42 Å². The van der Waals surface area contributed by atoms with Crippen LogP contribution in [-0.2, 0) is 16.0 Å². The van der Waals surface area contributed by atoms with Crippen LogP contribution in [0.4, 0.5) is 24.7 Å². The van der Waals surface area contributed by atoms with Crippen LogP contribution in [0.1, 0.15) is 25.2 Å². The van der Waals surface area contributed by atoms with Gasteiger partial charge in [-0.05, 0) is 39.0 Å². The Morgan fingerprint density at radius 1 is 1.21 bits per heavy atom. The number of azo groups is 1. The second-order valence-corrected chi connectivity index (χ2v) is 8.11. The molecule has 2 heterocycles. The van der Waals surface area contributed by atoms with Crippen LogP contribution >= 0.6 is 0 Å². The monoisotopic (exact) mass is 416 g/mol. The molecular formula is C16H15F3N4O4S. The number of sulfone groups is 1. The highest BCUT2D eigenvalue weighted by atomic mass is 32.2. The summed E-state index contributed by atoms with van der Waals surface area (Å²) in [6.45, 7) is 4.84. The van der Waals surface area contributed by atoms with Crippen LogP contribution in [0.2, 0.25) is 0 Å². The second kappa shape index (κ2) is 6.62. The van der Waals surface area contributed by atoms with Crippen molar-refractivity contribution >= 4 is 21.3 Å². The van der Waals surface area contributed by atoms with E-state index in [4.69, 9.17) is 4.52 Å². The SMILES string of the molecule is Cc1cc(N=NC2=C(O)N(C(C)C)c3ccc(C(F)(F)F)cc3S2(=O)=O)no1. The Bertz CT molecular complexity index is 1090. The molecule has 0 amide bonds. The molecule has 1 N–H and O–H groups in total. The Hall–Kier alpha value is -2.89. The molecule has 2 aromatic rings. The van der Waals surface area contributed by atoms with Crippen LogP contribution < -0.4 is 4.90 Å². The summed E-state index contributed by atoms with van der Waals surface area (Å²) in [4.78, 5) is 0.540. The number of halogens is 3. The summed E-state index contributed by atoms with van der Waals surface area (Å²) in [6.07, 6.45) is -4.74. The zero-order valence-electron chi connectivity index (χ0n) is 14.9. The maximum Gasteiger partial charge on any atom is 0.416 e. The van der Waals surface area contributed by atoms with Crippen molar-refractivity contribution in [2.24, 2.45) is 10.2 Å². The lowest BCUT2D eigenvalue weighted by Gasteiger charge is -2.33. The van der Waals surface area contributed by atoms with Crippen LogP contribution in [0.15, 0.2) is 54.8 Å². The van der Waals surface area contributed by atoms with Gasteiger partial charge in [0, 0.05) is 12.1 Å². The molecule has 3 rings (SSSR count). The van der Waals surface area contributed by atoms with E-state index in [1.54, 1.807) is 20.8 Å². The van der Waals surface area contributed by atoms with Gasteiger partial charge in [-0.3, -0.25) is 0 Å². The molecule has 28 heavy (non-hydrogen) atoms. The minimum absolute atomic E-state index is 0.0565. The lowest BCUT2D eigenvalue weighted by atomic mass is 10.1. The van der Waals surface area contributed by atoms with E-state index in [0.29, 0.717) is 11.8 Å². The Morgan fingerprint density at radius 2 is 1.89 bits per heavy atom. The van der Waals surface area contributed by atoms with Gasteiger partial charge in [0.15, 0.2) is 0 Å². The summed E-state index contributed by atoms with van der Waals surface area (Å²) >= 11 is 0. The number of anilines is 1. The number of rotatable bonds is 3. The number of aliphatic hydroxyl groups is 1. The molecular weight excluding hydrogens is 401 g/mol. The molecule has 1 aromatic carbocycles. The molecule has 0 radical (unpaired) electrons. The van der Waals surface area contributed by atoms with Crippen molar-refractivity contribution < 1.29 is 31.2 Å². The third-order valence-electron chi connectivity index (χ3n) is 3.89. The molecule has 12 heteroatoms. The first-order valence-electron chi connectivity index (χ1n) is 7.97. The molecule has 1 aliphatic heterocycles. The highest BCUT2D eigenvalue weighted by Gasteiger charge is 2.41. The molecule has 0 bridgehead atoms. The molecule has 8 nitrogen and oxygen atoms in total. The van der Waals surface area contributed by atoms with Gasteiger partial charge in [-0.15, -0.1) is 10.2 Å².